The summed E-state index contributed by atoms with van der Waals surface area (Å²) in [6.45, 7) is 0.219. The minimum Gasteiger partial charge on any atom is -0.421 e. The van der Waals surface area contributed by atoms with Crippen LogP contribution in [0.15, 0.2) is 48.9 Å². The van der Waals surface area contributed by atoms with Crippen molar-refractivity contribution in [3.63, 3.8) is 0 Å². The molecule has 2 N–H and O–H groups in total. The molecular weight excluding hydrogens is 419 g/mol. The predicted octanol–water partition coefficient (Wildman–Crippen LogP) is 2.78. The van der Waals surface area contributed by atoms with Crippen molar-refractivity contribution in [1.29, 1.82) is 0 Å². The fourth-order valence-corrected chi connectivity index (χ4v) is 6.32. The van der Waals surface area contributed by atoms with Crippen molar-refractivity contribution in [3.05, 3.63) is 60.4 Å². The van der Waals surface area contributed by atoms with E-state index in [2.05, 4.69) is 15.3 Å². The van der Waals surface area contributed by atoms with Crippen molar-refractivity contribution >= 4 is 23.5 Å². The van der Waals surface area contributed by atoms with Crippen molar-refractivity contribution in [1.82, 2.24) is 20.0 Å². The number of fused-ring (bicyclic) bond motifs is 1. The molecule has 4 atom stereocenters. The van der Waals surface area contributed by atoms with Crippen LogP contribution < -0.4 is 10.6 Å². The molecule has 2 saturated heterocycles. The number of anilines is 1. The first-order valence-electron chi connectivity index (χ1n) is 10.0. The maximum absolute atomic E-state index is 15.0. The molecule has 158 valence electrons. The third-order valence-corrected chi connectivity index (χ3v) is 7.70. The van der Waals surface area contributed by atoms with Crippen LogP contribution in [0.5, 0.6) is 0 Å². The number of hydrogen-bond donors (Lipinski definition) is 1. The molecule has 4 heterocycles. The van der Waals surface area contributed by atoms with Crippen LogP contribution in [0.2, 0.25) is 0 Å². The number of cyclic esters (lactones) is 1. The molecule has 0 radical (unpaired) electrons. The highest BCUT2D eigenvalue weighted by atomic mass is 32.2. The predicted molar refractivity (Wildman–Crippen MR) is 113 cm³/mol. The molecule has 0 spiro atoms. The second-order valence-corrected chi connectivity index (χ2v) is 9.19. The highest BCUT2D eigenvalue weighted by Crippen LogP contribution is 2.62. The maximum Gasteiger partial charge on any atom is 0.416 e. The summed E-state index contributed by atoms with van der Waals surface area (Å²) in [4.78, 5) is 18.2. The molecule has 10 heteroatoms. The number of nitrogens with zero attached hydrogens (tertiary/aromatic N) is 5. The third kappa shape index (κ3) is 2.85. The molecule has 1 aromatic carbocycles. The molecule has 2 aliphatic heterocycles. The van der Waals surface area contributed by atoms with Crippen LogP contribution >= 0.6 is 11.8 Å². The Bertz CT molecular complexity index is 1150. The largest absolute Gasteiger partial charge is 0.421 e. The number of nitrogens with two attached hydrogens (primary N) is 1. The summed E-state index contributed by atoms with van der Waals surface area (Å²) in [6, 6.07) is 8.46. The zero-order valence-corrected chi connectivity index (χ0v) is 17.2. The van der Waals surface area contributed by atoms with Gasteiger partial charge < -0.3 is 10.5 Å². The topological polar surface area (TPSA) is 99.2 Å². The molecule has 3 aromatic rings. The van der Waals surface area contributed by atoms with E-state index < -0.39 is 18.1 Å². The van der Waals surface area contributed by atoms with Gasteiger partial charge in [-0.2, -0.15) is 11.8 Å². The second-order valence-electron chi connectivity index (χ2n) is 8.11. The number of benzene rings is 1. The van der Waals surface area contributed by atoms with Crippen molar-refractivity contribution in [2.75, 3.05) is 23.0 Å². The Kier molecular flexibility index (Phi) is 4.09. The number of carbonyl (C=O) groups excluding carboxylic acids is 1. The molecule has 3 aliphatic rings. The van der Waals surface area contributed by atoms with Gasteiger partial charge in [0.15, 0.2) is 0 Å². The first-order valence-corrected chi connectivity index (χ1v) is 11.2. The number of thioether (sulfide) groups is 1. The van der Waals surface area contributed by atoms with Gasteiger partial charge in [0.1, 0.15) is 5.82 Å². The molecule has 1 amide bonds. The SMILES string of the molecule is NC1(c2ccc(-c3ccc(N4CC(n5ccnn5)OC4=O)cc3F)cn2)[C@@H]2CSC[C@@H]21. The Morgan fingerprint density at radius 1 is 1.23 bits per heavy atom. The van der Waals surface area contributed by atoms with Gasteiger partial charge in [0.25, 0.3) is 0 Å². The van der Waals surface area contributed by atoms with Gasteiger partial charge in [0, 0.05) is 23.5 Å². The monoisotopic (exact) mass is 438 g/mol. The number of ether oxygens (including phenoxy) is 1. The minimum atomic E-state index is -0.599. The van der Waals surface area contributed by atoms with Crippen LogP contribution in [0, 0.1) is 17.7 Å². The third-order valence-electron chi connectivity index (χ3n) is 6.51. The van der Waals surface area contributed by atoms with E-state index in [1.54, 1.807) is 24.5 Å². The van der Waals surface area contributed by atoms with Crippen LogP contribution in [0.25, 0.3) is 11.1 Å². The molecule has 1 aliphatic carbocycles. The lowest BCUT2D eigenvalue weighted by atomic mass is 10.0. The van der Waals surface area contributed by atoms with Gasteiger partial charge >= 0.3 is 6.09 Å². The van der Waals surface area contributed by atoms with Crippen LogP contribution in [0.4, 0.5) is 14.9 Å². The first kappa shape index (κ1) is 18.8. The highest BCUT2D eigenvalue weighted by Gasteiger charge is 2.66. The molecule has 8 nitrogen and oxygen atoms in total. The van der Waals surface area contributed by atoms with Crippen LogP contribution in [0.1, 0.15) is 11.9 Å². The van der Waals surface area contributed by atoms with E-state index in [0.717, 1.165) is 17.2 Å². The number of hydrogen-bond acceptors (Lipinski definition) is 7. The van der Waals surface area contributed by atoms with Gasteiger partial charge in [-0.3, -0.25) is 9.88 Å². The molecule has 6 rings (SSSR count). The van der Waals surface area contributed by atoms with Crippen molar-refractivity contribution in [3.8, 4) is 11.1 Å². The lowest BCUT2D eigenvalue weighted by Gasteiger charge is -2.16. The number of rotatable bonds is 4. The van der Waals surface area contributed by atoms with Crippen LogP contribution in [0.3, 0.4) is 0 Å². The molecule has 31 heavy (non-hydrogen) atoms. The van der Waals surface area contributed by atoms with Gasteiger partial charge in [0.05, 0.1) is 29.7 Å². The lowest BCUT2D eigenvalue weighted by Crippen LogP contribution is -2.27. The van der Waals surface area contributed by atoms with Crippen molar-refractivity contribution in [2.24, 2.45) is 17.6 Å². The summed E-state index contributed by atoms with van der Waals surface area (Å²) in [5.74, 6) is 2.71. The van der Waals surface area contributed by atoms with Gasteiger partial charge in [-0.25, -0.2) is 13.9 Å². The fourth-order valence-electron chi connectivity index (χ4n) is 4.66. The quantitative estimate of drug-likeness (QED) is 0.669. The first-order chi connectivity index (χ1) is 15.1. The van der Waals surface area contributed by atoms with E-state index in [1.165, 1.54) is 21.8 Å². The van der Waals surface area contributed by atoms with Gasteiger partial charge in [-0.15, -0.1) is 5.10 Å². The van der Waals surface area contributed by atoms with E-state index in [1.807, 2.05) is 23.9 Å². The second kappa shape index (κ2) is 6.76. The normalized spacial score (nSPS) is 29.2. The summed E-state index contributed by atoms with van der Waals surface area (Å²) in [5.41, 5.74) is 8.63. The van der Waals surface area contributed by atoms with E-state index in [-0.39, 0.29) is 12.1 Å². The average molecular weight is 438 g/mol. The number of carbonyl (C=O) groups is 1. The van der Waals surface area contributed by atoms with Gasteiger partial charge in [-0.05, 0) is 47.6 Å². The number of halogens is 1. The zero-order valence-electron chi connectivity index (χ0n) is 16.4. The molecule has 0 bridgehead atoms. The summed E-state index contributed by atoms with van der Waals surface area (Å²) >= 11 is 1.94. The smallest absolute Gasteiger partial charge is 0.416 e. The Morgan fingerprint density at radius 3 is 2.74 bits per heavy atom. The molecular formula is C21H19FN6O2S. The summed E-state index contributed by atoms with van der Waals surface area (Å²) < 4.78 is 21.7. The van der Waals surface area contributed by atoms with Gasteiger partial charge in [0.2, 0.25) is 6.23 Å². The standard InChI is InChI=1S/C21H19FN6O2S/c22-17-7-13(27-9-19(30-20(27)29)28-6-5-25-26-28)2-3-14(17)12-1-4-18(24-8-12)21(23)15-10-31-11-16(15)21/h1-8,15-16,19H,9-11,23H2/t15-,16+,19?,21?. The Balaban J connectivity index is 1.22. The summed E-state index contributed by atoms with van der Waals surface area (Å²) in [6.07, 6.45) is 3.64. The average Bonchev–Trinajstić information content (AvgIpc) is 3.36. The Hall–Kier alpha value is -2.98. The van der Waals surface area contributed by atoms with E-state index >= 15 is 0 Å². The fraction of sp³-hybridized carbons (Fsp3) is 0.333. The molecule has 1 saturated carbocycles. The summed E-state index contributed by atoms with van der Waals surface area (Å²) in [5, 5.41) is 7.57. The molecule has 2 aromatic heterocycles. The number of pyridine rings is 1. The lowest BCUT2D eigenvalue weighted by molar-refractivity contribution is 0.0922. The molecule has 2 unspecified atom stereocenters. The van der Waals surface area contributed by atoms with Crippen molar-refractivity contribution < 1.29 is 13.9 Å². The number of aromatic nitrogens is 4. The van der Waals surface area contributed by atoms with Gasteiger partial charge in [-0.1, -0.05) is 11.3 Å². The zero-order chi connectivity index (χ0) is 21.2. The summed E-state index contributed by atoms with van der Waals surface area (Å²) in [7, 11) is 0. The highest BCUT2D eigenvalue weighted by molar-refractivity contribution is 7.99. The maximum atomic E-state index is 15.0. The van der Waals surface area contributed by atoms with Crippen molar-refractivity contribution in [2.45, 2.75) is 11.8 Å². The van der Waals surface area contributed by atoms with Crippen LogP contribution in [-0.4, -0.2) is 44.1 Å². The minimum absolute atomic E-state index is 0.219. The van der Waals surface area contributed by atoms with E-state index in [4.69, 9.17) is 10.5 Å². The van der Waals surface area contributed by atoms with Crippen LogP contribution in [-0.2, 0) is 10.3 Å². The molecule has 3 fully saturated rings. The van der Waals surface area contributed by atoms with E-state index in [9.17, 15) is 9.18 Å². The Morgan fingerprint density at radius 2 is 2.06 bits per heavy atom. The number of amides is 1. The Labute approximate surface area is 181 Å². The van der Waals surface area contributed by atoms with E-state index in [0.29, 0.717) is 28.7 Å².